The van der Waals surface area contributed by atoms with Gasteiger partial charge in [0.05, 0.1) is 7.11 Å². The lowest BCUT2D eigenvalue weighted by Crippen LogP contribution is -2.48. The van der Waals surface area contributed by atoms with E-state index in [1.54, 1.807) is 0 Å². The largest absolute Gasteiger partial charge is 0.500 e. The van der Waals surface area contributed by atoms with Gasteiger partial charge in [-0.25, -0.2) is 9.59 Å². The summed E-state index contributed by atoms with van der Waals surface area (Å²) in [6, 6.07) is 0. The van der Waals surface area contributed by atoms with Crippen LogP contribution in [0.2, 0.25) is 16.6 Å². The van der Waals surface area contributed by atoms with Crippen molar-refractivity contribution in [2.24, 2.45) is 10.2 Å². The second-order valence-corrected chi connectivity index (χ2v) is 10.7. The molecule has 0 spiro atoms. The van der Waals surface area contributed by atoms with Gasteiger partial charge in [-0.3, -0.25) is 0 Å². The molecule has 7 heteroatoms. The molecule has 0 bridgehead atoms. The molecule has 0 aliphatic rings. The Kier molecular flexibility index (Phi) is 6.89. The Morgan fingerprint density at radius 3 is 1.53 bits per heavy atom. The Bertz CT molecular complexity index is 332. The number of azo groups is 1. The molecule has 0 heterocycles. The molecule has 0 aromatic heterocycles. The molecular weight excluding hydrogens is 264 g/mol. The zero-order valence-electron chi connectivity index (χ0n) is 12.8. The summed E-state index contributed by atoms with van der Waals surface area (Å²) in [6.45, 7) is 12.3. The molecule has 0 N–H and O–H groups in total. The normalized spacial score (nSPS) is 12.5. The van der Waals surface area contributed by atoms with E-state index in [4.69, 9.17) is 4.43 Å². The Labute approximate surface area is 115 Å². The van der Waals surface area contributed by atoms with E-state index >= 15 is 0 Å². The monoisotopic (exact) mass is 288 g/mol. The summed E-state index contributed by atoms with van der Waals surface area (Å²) in [6.07, 6.45) is -1.73. The Morgan fingerprint density at radius 1 is 0.842 bits per heavy atom. The van der Waals surface area contributed by atoms with E-state index in [1.165, 1.54) is 7.11 Å². The number of nitrogens with zero attached hydrogens (tertiary/aromatic N) is 2. The van der Waals surface area contributed by atoms with Gasteiger partial charge in [-0.15, -0.1) is 0 Å². The summed E-state index contributed by atoms with van der Waals surface area (Å²) in [5, 5.41) is 6.37. The van der Waals surface area contributed by atoms with Crippen molar-refractivity contribution in [3.05, 3.63) is 0 Å². The van der Waals surface area contributed by atoms with Crippen LogP contribution in [-0.4, -0.2) is 27.6 Å². The number of hydrogen-bond acceptors (Lipinski definition) is 4. The lowest BCUT2D eigenvalue weighted by atomic mass is 10.5. The van der Waals surface area contributed by atoms with Crippen molar-refractivity contribution in [1.29, 1.82) is 0 Å². The Morgan fingerprint density at radius 2 is 1.21 bits per heavy atom. The van der Waals surface area contributed by atoms with Crippen LogP contribution in [0.15, 0.2) is 10.2 Å². The first-order valence-corrected chi connectivity index (χ1v) is 8.55. The molecule has 2 amide bonds. The van der Waals surface area contributed by atoms with Crippen LogP contribution in [-0.2, 0) is 9.16 Å². The van der Waals surface area contributed by atoms with Crippen molar-refractivity contribution < 1.29 is 18.8 Å². The smallest absolute Gasteiger partial charge is 0.452 e. The maximum atomic E-state index is 11.7. The summed E-state index contributed by atoms with van der Waals surface area (Å²) in [4.78, 5) is 22.5. The molecule has 0 unspecified atom stereocenters. The molecule has 0 fully saturated rings. The fourth-order valence-electron chi connectivity index (χ4n) is 2.65. The van der Waals surface area contributed by atoms with E-state index in [-0.39, 0.29) is 16.6 Å². The van der Waals surface area contributed by atoms with Crippen molar-refractivity contribution in [2.75, 3.05) is 7.11 Å². The molecular formula is C12H24N2O4Si. The van der Waals surface area contributed by atoms with Crippen LogP contribution in [0.4, 0.5) is 9.59 Å². The van der Waals surface area contributed by atoms with E-state index in [1.807, 2.05) is 0 Å². The van der Waals surface area contributed by atoms with Crippen LogP contribution in [0.25, 0.3) is 0 Å². The first kappa shape index (κ1) is 17.8. The van der Waals surface area contributed by atoms with Gasteiger partial charge < -0.3 is 9.16 Å². The third-order valence-corrected chi connectivity index (χ3v) is 9.30. The van der Waals surface area contributed by atoms with Gasteiger partial charge >= 0.3 is 12.2 Å². The van der Waals surface area contributed by atoms with E-state index in [2.05, 4.69) is 56.5 Å². The van der Waals surface area contributed by atoms with Gasteiger partial charge in [-0.05, 0) is 16.6 Å². The fraction of sp³-hybridized carbons (Fsp3) is 0.833. The van der Waals surface area contributed by atoms with Gasteiger partial charge in [0, 0.05) is 0 Å². The molecule has 0 radical (unpaired) electrons. The second kappa shape index (κ2) is 7.37. The minimum Gasteiger partial charge on any atom is -0.500 e. The molecule has 6 nitrogen and oxygen atoms in total. The highest BCUT2D eigenvalue weighted by molar-refractivity contribution is 6.78. The van der Waals surface area contributed by atoms with Gasteiger partial charge in [-0.1, -0.05) is 51.8 Å². The zero-order chi connectivity index (χ0) is 15.2. The number of carbonyl (C=O) groups excluding carboxylic acids is 2. The highest BCUT2D eigenvalue weighted by Gasteiger charge is 2.48. The number of rotatable bonds is 4. The molecule has 0 aliphatic carbocycles. The van der Waals surface area contributed by atoms with Crippen LogP contribution < -0.4 is 0 Å². The molecule has 0 rings (SSSR count). The summed E-state index contributed by atoms with van der Waals surface area (Å²) in [5.41, 5.74) is 0.763. The maximum Gasteiger partial charge on any atom is 0.452 e. The second-order valence-electron chi connectivity index (χ2n) is 5.36. The van der Waals surface area contributed by atoms with Crippen molar-refractivity contribution in [3.63, 3.8) is 0 Å². The molecule has 19 heavy (non-hydrogen) atoms. The van der Waals surface area contributed by atoms with Crippen molar-refractivity contribution in [2.45, 2.75) is 58.2 Å². The van der Waals surface area contributed by atoms with E-state index in [9.17, 15) is 9.59 Å². The first-order chi connectivity index (χ1) is 8.68. The van der Waals surface area contributed by atoms with Crippen molar-refractivity contribution in [3.8, 4) is 0 Å². The van der Waals surface area contributed by atoms with Gasteiger partial charge in [0.2, 0.25) is 0 Å². The minimum atomic E-state index is -2.33. The summed E-state index contributed by atoms with van der Waals surface area (Å²) in [5.74, 6) is 0. The van der Waals surface area contributed by atoms with Crippen LogP contribution in [0, 0.1) is 0 Å². The lowest BCUT2D eigenvalue weighted by molar-refractivity contribution is 0.177. The van der Waals surface area contributed by atoms with Crippen LogP contribution >= 0.6 is 0 Å². The maximum absolute atomic E-state index is 11.7. The Balaban J connectivity index is 5.09. The van der Waals surface area contributed by atoms with Crippen LogP contribution in [0.3, 0.4) is 0 Å². The molecule has 110 valence electrons. The molecule has 0 saturated heterocycles. The number of ether oxygens (including phenoxy) is 1. The van der Waals surface area contributed by atoms with Gasteiger partial charge in [0.15, 0.2) is 0 Å². The zero-order valence-corrected chi connectivity index (χ0v) is 13.8. The number of amides is 2. The third kappa shape index (κ3) is 4.41. The van der Waals surface area contributed by atoms with E-state index in [0.717, 1.165) is 0 Å². The van der Waals surface area contributed by atoms with Gasteiger partial charge in [-0.2, -0.15) is 0 Å². The summed E-state index contributed by atoms with van der Waals surface area (Å²) >= 11 is 0. The number of carbonyl (C=O) groups is 2. The standard InChI is InChI=1S/C12H24N2O4Si/c1-8(2)19(9(3)4,10(5)6)18-12(16)14-13-11(15)17-7/h8-10H,1-7H3/b14-13+. The van der Waals surface area contributed by atoms with Crippen molar-refractivity contribution in [1.82, 2.24) is 0 Å². The summed E-state index contributed by atoms with van der Waals surface area (Å²) < 4.78 is 9.93. The number of hydrogen-bond donors (Lipinski definition) is 0. The predicted octanol–water partition coefficient (Wildman–Crippen LogP) is 4.52. The number of methoxy groups -OCH3 is 1. The van der Waals surface area contributed by atoms with Gasteiger partial charge in [0.25, 0.3) is 8.32 Å². The van der Waals surface area contributed by atoms with E-state index < -0.39 is 20.5 Å². The molecule has 0 atom stereocenters. The summed E-state index contributed by atoms with van der Waals surface area (Å²) in [7, 11) is -1.16. The average molecular weight is 288 g/mol. The quantitative estimate of drug-likeness (QED) is 0.563. The fourth-order valence-corrected chi connectivity index (χ4v) is 7.70. The molecule has 0 aliphatic heterocycles. The SMILES string of the molecule is COC(=O)/N=N/C(=O)O[Si](C(C)C)(C(C)C)C(C)C. The van der Waals surface area contributed by atoms with Gasteiger partial charge in [0.1, 0.15) is 0 Å². The highest BCUT2D eigenvalue weighted by Crippen LogP contribution is 2.42. The van der Waals surface area contributed by atoms with Crippen molar-refractivity contribution >= 4 is 20.5 Å². The average Bonchev–Trinajstić information content (AvgIpc) is 2.31. The highest BCUT2D eigenvalue weighted by atomic mass is 28.4. The van der Waals surface area contributed by atoms with Crippen LogP contribution in [0.5, 0.6) is 0 Å². The molecule has 0 aromatic carbocycles. The topological polar surface area (TPSA) is 77.3 Å². The predicted molar refractivity (Wildman–Crippen MR) is 74.8 cm³/mol. The third-order valence-electron chi connectivity index (χ3n) is 3.36. The molecule has 0 saturated carbocycles. The lowest BCUT2D eigenvalue weighted by Gasteiger charge is -2.40. The minimum absolute atomic E-state index is 0.254. The first-order valence-electron chi connectivity index (χ1n) is 6.41. The Hall–Kier alpha value is -1.24. The van der Waals surface area contributed by atoms with Crippen LogP contribution in [0.1, 0.15) is 41.5 Å². The van der Waals surface area contributed by atoms with E-state index in [0.29, 0.717) is 0 Å². The molecule has 0 aromatic rings.